The first-order chi connectivity index (χ1) is 6.67. The molecule has 80 valence electrons. The van der Waals surface area contributed by atoms with Gasteiger partial charge < -0.3 is 9.47 Å². The summed E-state index contributed by atoms with van der Waals surface area (Å²) in [5.74, 6) is -0.877. The van der Waals surface area contributed by atoms with Crippen molar-refractivity contribution < 1.29 is 19.1 Å². The fourth-order valence-electron chi connectivity index (χ4n) is 1.93. The molecule has 1 aliphatic carbocycles. The van der Waals surface area contributed by atoms with Gasteiger partial charge in [0.2, 0.25) is 0 Å². The number of hydrogen-bond donors (Lipinski definition) is 0. The second-order valence-corrected chi connectivity index (χ2v) is 3.50. The molecule has 0 radical (unpaired) electrons. The average molecular weight is 200 g/mol. The van der Waals surface area contributed by atoms with Crippen LogP contribution in [0, 0.1) is 5.41 Å². The normalized spacial score (nSPS) is 19.0. The Bertz CT molecular complexity index is 228. The van der Waals surface area contributed by atoms with Crippen molar-refractivity contribution in [1.29, 1.82) is 0 Å². The van der Waals surface area contributed by atoms with E-state index in [1.54, 1.807) is 6.92 Å². The van der Waals surface area contributed by atoms with E-state index >= 15 is 0 Å². The van der Waals surface area contributed by atoms with Gasteiger partial charge in [-0.3, -0.25) is 9.59 Å². The minimum absolute atomic E-state index is 0.303. The smallest absolute Gasteiger partial charge is 0.323 e. The molecular weight excluding hydrogens is 184 g/mol. The monoisotopic (exact) mass is 200 g/mol. The van der Waals surface area contributed by atoms with E-state index in [-0.39, 0.29) is 0 Å². The summed E-state index contributed by atoms with van der Waals surface area (Å²) >= 11 is 0. The first-order valence-corrected chi connectivity index (χ1v) is 4.93. The van der Waals surface area contributed by atoms with Crippen molar-refractivity contribution >= 4 is 11.9 Å². The van der Waals surface area contributed by atoms with Crippen molar-refractivity contribution in [2.24, 2.45) is 5.41 Å². The lowest BCUT2D eigenvalue weighted by Crippen LogP contribution is -2.39. The van der Waals surface area contributed by atoms with Crippen LogP contribution in [0.15, 0.2) is 0 Å². The van der Waals surface area contributed by atoms with Crippen LogP contribution in [0.2, 0.25) is 0 Å². The Morgan fingerprint density at radius 2 is 1.79 bits per heavy atom. The van der Waals surface area contributed by atoms with Crippen LogP contribution in [0.5, 0.6) is 0 Å². The van der Waals surface area contributed by atoms with Crippen molar-refractivity contribution in [3.63, 3.8) is 0 Å². The highest BCUT2D eigenvalue weighted by atomic mass is 16.6. The van der Waals surface area contributed by atoms with E-state index < -0.39 is 17.4 Å². The van der Waals surface area contributed by atoms with Crippen LogP contribution in [-0.4, -0.2) is 25.7 Å². The lowest BCUT2D eigenvalue weighted by atomic mass is 9.86. The van der Waals surface area contributed by atoms with Gasteiger partial charge in [-0.15, -0.1) is 0 Å². The zero-order valence-electron chi connectivity index (χ0n) is 8.67. The van der Waals surface area contributed by atoms with Crippen molar-refractivity contribution in [3.8, 4) is 0 Å². The molecule has 0 unspecified atom stereocenters. The maximum atomic E-state index is 11.6. The first kappa shape index (κ1) is 11.0. The Balaban J connectivity index is 2.81. The van der Waals surface area contributed by atoms with Crippen molar-refractivity contribution in [1.82, 2.24) is 0 Å². The van der Waals surface area contributed by atoms with Crippen LogP contribution in [0.1, 0.15) is 32.6 Å². The number of carbonyl (C=O) groups is 2. The average Bonchev–Trinajstić information content (AvgIpc) is 2.67. The molecule has 0 spiro atoms. The highest BCUT2D eigenvalue weighted by Crippen LogP contribution is 2.40. The Hall–Kier alpha value is -1.06. The Kier molecular flexibility index (Phi) is 3.49. The van der Waals surface area contributed by atoms with Gasteiger partial charge in [-0.1, -0.05) is 12.8 Å². The first-order valence-electron chi connectivity index (χ1n) is 4.93. The maximum absolute atomic E-state index is 11.6. The molecule has 0 N–H and O–H groups in total. The number of esters is 2. The Labute approximate surface area is 83.6 Å². The molecule has 1 fully saturated rings. The largest absolute Gasteiger partial charge is 0.468 e. The highest BCUT2D eigenvalue weighted by Gasteiger charge is 2.50. The maximum Gasteiger partial charge on any atom is 0.323 e. The molecule has 4 heteroatoms. The minimum Gasteiger partial charge on any atom is -0.468 e. The molecule has 0 aromatic heterocycles. The molecule has 4 nitrogen and oxygen atoms in total. The number of rotatable bonds is 3. The molecular formula is C10H16O4. The van der Waals surface area contributed by atoms with Gasteiger partial charge in [-0.2, -0.15) is 0 Å². The van der Waals surface area contributed by atoms with Crippen molar-refractivity contribution in [3.05, 3.63) is 0 Å². The summed E-state index contributed by atoms with van der Waals surface area (Å²) in [6.07, 6.45) is 2.87. The molecule has 14 heavy (non-hydrogen) atoms. The molecule has 0 bridgehead atoms. The van der Waals surface area contributed by atoms with Gasteiger partial charge in [0.05, 0.1) is 13.7 Å². The quantitative estimate of drug-likeness (QED) is 0.508. The molecule has 0 saturated heterocycles. The van der Waals surface area contributed by atoms with E-state index in [0.29, 0.717) is 19.4 Å². The predicted molar refractivity (Wildman–Crippen MR) is 49.6 cm³/mol. The van der Waals surface area contributed by atoms with E-state index in [9.17, 15) is 9.59 Å². The van der Waals surface area contributed by atoms with Crippen LogP contribution in [0.4, 0.5) is 0 Å². The zero-order valence-corrected chi connectivity index (χ0v) is 8.67. The third-order valence-corrected chi connectivity index (χ3v) is 2.70. The van der Waals surface area contributed by atoms with Gasteiger partial charge in [0.25, 0.3) is 0 Å². The molecule has 1 rings (SSSR count). The Morgan fingerprint density at radius 3 is 2.21 bits per heavy atom. The van der Waals surface area contributed by atoms with Gasteiger partial charge in [-0.05, 0) is 19.8 Å². The fraction of sp³-hybridized carbons (Fsp3) is 0.800. The summed E-state index contributed by atoms with van der Waals surface area (Å²) in [4.78, 5) is 23.2. The molecule has 0 aromatic carbocycles. The Morgan fingerprint density at radius 1 is 1.21 bits per heavy atom. The number of hydrogen-bond acceptors (Lipinski definition) is 4. The van der Waals surface area contributed by atoms with Crippen molar-refractivity contribution in [2.45, 2.75) is 32.6 Å². The molecule has 0 amide bonds. The summed E-state index contributed by atoms with van der Waals surface area (Å²) in [5, 5.41) is 0. The van der Waals surface area contributed by atoms with E-state index in [2.05, 4.69) is 4.74 Å². The molecule has 1 saturated carbocycles. The topological polar surface area (TPSA) is 52.6 Å². The van der Waals surface area contributed by atoms with Crippen LogP contribution in [0.3, 0.4) is 0 Å². The lowest BCUT2D eigenvalue weighted by molar-refractivity contribution is -0.170. The van der Waals surface area contributed by atoms with Crippen molar-refractivity contribution in [2.75, 3.05) is 13.7 Å². The van der Waals surface area contributed by atoms with E-state index in [0.717, 1.165) is 12.8 Å². The lowest BCUT2D eigenvalue weighted by Gasteiger charge is -2.22. The standard InChI is InChI=1S/C10H16O4/c1-3-14-9(12)10(8(11)13-2)6-4-5-7-10/h3-7H2,1-2H3. The van der Waals surface area contributed by atoms with E-state index in [4.69, 9.17) is 4.74 Å². The van der Waals surface area contributed by atoms with E-state index in [1.807, 2.05) is 0 Å². The second kappa shape index (κ2) is 4.44. The third-order valence-electron chi connectivity index (χ3n) is 2.70. The second-order valence-electron chi connectivity index (χ2n) is 3.50. The molecule has 0 heterocycles. The summed E-state index contributed by atoms with van der Waals surface area (Å²) < 4.78 is 9.58. The summed E-state index contributed by atoms with van der Waals surface area (Å²) in [7, 11) is 1.31. The number of methoxy groups -OCH3 is 1. The SMILES string of the molecule is CCOC(=O)C1(C(=O)OC)CCCC1. The van der Waals surface area contributed by atoms with Gasteiger partial charge in [0.15, 0.2) is 5.41 Å². The van der Waals surface area contributed by atoms with Crippen LogP contribution in [0.25, 0.3) is 0 Å². The number of ether oxygens (including phenoxy) is 2. The van der Waals surface area contributed by atoms with Gasteiger partial charge in [-0.25, -0.2) is 0 Å². The molecule has 0 aromatic rings. The third kappa shape index (κ3) is 1.74. The minimum atomic E-state index is -1.01. The molecule has 0 aliphatic heterocycles. The number of carbonyl (C=O) groups excluding carboxylic acids is 2. The van der Waals surface area contributed by atoms with Crippen LogP contribution >= 0.6 is 0 Å². The van der Waals surface area contributed by atoms with Gasteiger partial charge in [0.1, 0.15) is 0 Å². The van der Waals surface area contributed by atoms with Gasteiger partial charge in [0, 0.05) is 0 Å². The zero-order chi connectivity index (χ0) is 10.6. The van der Waals surface area contributed by atoms with Gasteiger partial charge >= 0.3 is 11.9 Å². The summed E-state index contributed by atoms with van der Waals surface area (Å²) in [6, 6.07) is 0. The van der Waals surface area contributed by atoms with E-state index in [1.165, 1.54) is 7.11 Å². The summed E-state index contributed by atoms with van der Waals surface area (Å²) in [6.45, 7) is 2.04. The molecule has 1 aliphatic rings. The van der Waals surface area contributed by atoms with Crippen LogP contribution < -0.4 is 0 Å². The molecule has 0 atom stereocenters. The van der Waals surface area contributed by atoms with Crippen LogP contribution in [-0.2, 0) is 19.1 Å². The predicted octanol–water partition coefficient (Wildman–Crippen LogP) is 1.28. The summed E-state index contributed by atoms with van der Waals surface area (Å²) in [5.41, 5.74) is -1.01. The highest BCUT2D eigenvalue weighted by molar-refractivity contribution is 6.00. The fourth-order valence-corrected chi connectivity index (χ4v) is 1.93.